The van der Waals surface area contributed by atoms with Crippen LogP contribution >= 0.6 is 0 Å². The van der Waals surface area contributed by atoms with Gasteiger partial charge in [-0.3, -0.25) is 9.59 Å². The van der Waals surface area contributed by atoms with Crippen molar-refractivity contribution in [3.05, 3.63) is 29.8 Å². The minimum Gasteiger partial charge on any atom is -0.481 e. The van der Waals surface area contributed by atoms with Crippen molar-refractivity contribution in [1.82, 2.24) is 0 Å². The number of carboxylic acid groups (broad SMARTS) is 1. The number of hydrogen-bond acceptors (Lipinski definition) is 3. The maximum Gasteiger partial charge on any atom is 0.308 e. The van der Waals surface area contributed by atoms with Crippen molar-refractivity contribution in [3.8, 4) is 0 Å². The number of anilines is 1. The molecule has 0 aliphatic heterocycles. The number of carboxylic acids is 1. The summed E-state index contributed by atoms with van der Waals surface area (Å²) in [6.07, 6.45) is 0. The lowest BCUT2D eigenvalue weighted by atomic mass is 10.1. The fourth-order valence-corrected chi connectivity index (χ4v) is 1.60. The summed E-state index contributed by atoms with van der Waals surface area (Å²) in [5.74, 6) is -1.90. The molecule has 0 aliphatic rings. The first kappa shape index (κ1) is 13.0. The second kappa shape index (κ2) is 5.34. The molecule has 0 heterocycles. The van der Waals surface area contributed by atoms with Gasteiger partial charge in [0.2, 0.25) is 0 Å². The largest absolute Gasteiger partial charge is 0.481 e. The molecule has 1 unspecified atom stereocenters. The molecule has 1 atom stereocenters. The van der Waals surface area contributed by atoms with E-state index in [2.05, 4.69) is 0 Å². The van der Waals surface area contributed by atoms with E-state index in [1.165, 1.54) is 0 Å². The van der Waals surface area contributed by atoms with Gasteiger partial charge in [0.25, 0.3) is 5.91 Å². The average Bonchev–Trinajstić information content (AvgIpc) is 2.28. The second-order valence-electron chi connectivity index (χ2n) is 4.00. The summed E-state index contributed by atoms with van der Waals surface area (Å²) in [7, 11) is 1.74. The van der Waals surface area contributed by atoms with Gasteiger partial charge < -0.3 is 15.7 Å². The lowest BCUT2D eigenvalue weighted by molar-refractivity contribution is -0.140. The molecular formula is C12H16N2O3. The van der Waals surface area contributed by atoms with Gasteiger partial charge in [0, 0.05) is 19.3 Å². The highest BCUT2D eigenvalue weighted by Gasteiger charge is 2.17. The molecule has 0 fully saturated rings. The van der Waals surface area contributed by atoms with E-state index >= 15 is 0 Å². The molecule has 0 radical (unpaired) electrons. The van der Waals surface area contributed by atoms with E-state index in [0.29, 0.717) is 17.8 Å². The lowest BCUT2D eigenvalue weighted by Crippen LogP contribution is -2.30. The Labute approximate surface area is 99.8 Å². The van der Waals surface area contributed by atoms with E-state index in [9.17, 15) is 9.59 Å². The molecule has 0 aromatic heterocycles. The highest BCUT2D eigenvalue weighted by molar-refractivity contribution is 5.98. The smallest absolute Gasteiger partial charge is 0.308 e. The van der Waals surface area contributed by atoms with Gasteiger partial charge in [-0.05, 0) is 12.1 Å². The van der Waals surface area contributed by atoms with Crippen molar-refractivity contribution in [2.24, 2.45) is 11.7 Å². The number of benzene rings is 1. The number of amides is 1. The molecule has 5 heteroatoms. The van der Waals surface area contributed by atoms with E-state index < -0.39 is 17.8 Å². The van der Waals surface area contributed by atoms with E-state index in [1.54, 1.807) is 43.1 Å². The van der Waals surface area contributed by atoms with E-state index in [-0.39, 0.29) is 0 Å². The van der Waals surface area contributed by atoms with Crippen LogP contribution in [0.4, 0.5) is 5.69 Å². The quantitative estimate of drug-likeness (QED) is 0.797. The molecule has 0 saturated carbocycles. The van der Waals surface area contributed by atoms with Crippen LogP contribution in [0.15, 0.2) is 24.3 Å². The standard InChI is InChI=1S/C12H16N2O3/c1-8(12(16)17)7-14(2)10-6-4-3-5-9(10)11(13)15/h3-6,8H,7H2,1-2H3,(H2,13,15)(H,16,17). The molecular weight excluding hydrogens is 220 g/mol. The first-order valence-electron chi connectivity index (χ1n) is 5.26. The predicted octanol–water partition coefficient (Wildman–Crippen LogP) is 0.942. The van der Waals surface area contributed by atoms with Crippen molar-refractivity contribution < 1.29 is 14.7 Å². The Morgan fingerprint density at radius 2 is 2.00 bits per heavy atom. The molecule has 3 N–H and O–H groups in total. The number of rotatable bonds is 5. The van der Waals surface area contributed by atoms with Crippen molar-refractivity contribution in [1.29, 1.82) is 0 Å². The molecule has 1 aromatic carbocycles. The summed E-state index contributed by atoms with van der Waals surface area (Å²) in [6.45, 7) is 1.94. The van der Waals surface area contributed by atoms with Crippen LogP contribution in [0.2, 0.25) is 0 Å². The van der Waals surface area contributed by atoms with Gasteiger partial charge in [0.15, 0.2) is 0 Å². The van der Waals surface area contributed by atoms with Gasteiger partial charge >= 0.3 is 5.97 Å². The third kappa shape index (κ3) is 3.21. The summed E-state index contributed by atoms with van der Waals surface area (Å²) < 4.78 is 0. The summed E-state index contributed by atoms with van der Waals surface area (Å²) in [6, 6.07) is 6.87. The number of hydrogen-bond donors (Lipinski definition) is 2. The van der Waals surface area contributed by atoms with Crippen molar-refractivity contribution in [2.75, 3.05) is 18.5 Å². The minimum atomic E-state index is -0.867. The number of nitrogens with zero attached hydrogens (tertiary/aromatic N) is 1. The Hall–Kier alpha value is -2.04. The van der Waals surface area contributed by atoms with Crippen LogP contribution in [0.5, 0.6) is 0 Å². The first-order chi connectivity index (χ1) is 7.93. The molecule has 5 nitrogen and oxygen atoms in total. The molecule has 1 rings (SSSR count). The van der Waals surface area contributed by atoms with E-state index in [1.807, 2.05) is 0 Å². The third-order valence-corrected chi connectivity index (χ3v) is 2.55. The normalized spacial score (nSPS) is 11.9. The lowest BCUT2D eigenvalue weighted by Gasteiger charge is -2.23. The molecule has 0 bridgehead atoms. The Kier molecular flexibility index (Phi) is 4.09. The summed E-state index contributed by atoms with van der Waals surface area (Å²) >= 11 is 0. The summed E-state index contributed by atoms with van der Waals surface area (Å²) in [4.78, 5) is 23.7. The second-order valence-corrected chi connectivity index (χ2v) is 4.00. The van der Waals surface area contributed by atoms with Gasteiger partial charge in [-0.1, -0.05) is 19.1 Å². The topological polar surface area (TPSA) is 83.6 Å². The fraction of sp³-hybridized carbons (Fsp3) is 0.333. The Morgan fingerprint density at radius 3 is 2.53 bits per heavy atom. The molecule has 92 valence electrons. The Morgan fingerprint density at radius 1 is 1.41 bits per heavy atom. The number of nitrogens with two attached hydrogens (primary N) is 1. The van der Waals surface area contributed by atoms with Crippen LogP contribution in [0.25, 0.3) is 0 Å². The van der Waals surface area contributed by atoms with E-state index in [4.69, 9.17) is 10.8 Å². The maximum atomic E-state index is 11.2. The van der Waals surface area contributed by atoms with Gasteiger partial charge in [0.05, 0.1) is 11.5 Å². The number of aliphatic carboxylic acids is 1. The number of primary amides is 1. The molecule has 17 heavy (non-hydrogen) atoms. The van der Waals surface area contributed by atoms with E-state index in [0.717, 1.165) is 0 Å². The van der Waals surface area contributed by atoms with Gasteiger partial charge in [-0.25, -0.2) is 0 Å². The van der Waals surface area contributed by atoms with Crippen LogP contribution in [0, 0.1) is 5.92 Å². The zero-order valence-electron chi connectivity index (χ0n) is 9.88. The van der Waals surface area contributed by atoms with Crippen molar-refractivity contribution in [3.63, 3.8) is 0 Å². The summed E-state index contributed by atoms with van der Waals surface area (Å²) in [5.41, 5.74) is 6.30. The Bertz CT molecular complexity index is 432. The van der Waals surface area contributed by atoms with Crippen molar-refractivity contribution in [2.45, 2.75) is 6.92 Å². The monoisotopic (exact) mass is 236 g/mol. The SMILES string of the molecule is CC(CN(C)c1ccccc1C(N)=O)C(=O)O. The number of carbonyl (C=O) groups excluding carboxylic acids is 1. The fourth-order valence-electron chi connectivity index (χ4n) is 1.60. The van der Waals surface area contributed by atoms with Gasteiger partial charge in [-0.15, -0.1) is 0 Å². The van der Waals surface area contributed by atoms with Crippen LogP contribution in [-0.2, 0) is 4.79 Å². The highest BCUT2D eigenvalue weighted by atomic mass is 16.4. The number of para-hydroxylation sites is 1. The zero-order valence-corrected chi connectivity index (χ0v) is 9.88. The summed E-state index contributed by atoms with van der Waals surface area (Å²) in [5, 5.41) is 8.84. The average molecular weight is 236 g/mol. The highest BCUT2D eigenvalue weighted by Crippen LogP contribution is 2.19. The minimum absolute atomic E-state index is 0.319. The third-order valence-electron chi connectivity index (χ3n) is 2.55. The molecule has 0 aliphatic carbocycles. The number of carbonyl (C=O) groups is 2. The van der Waals surface area contributed by atoms with Crippen LogP contribution < -0.4 is 10.6 Å². The van der Waals surface area contributed by atoms with Crippen LogP contribution in [0.1, 0.15) is 17.3 Å². The predicted molar refractivity (Wildman–Crippen MR) is 65.0 cm³/mol. The van der Waals surface area contributed by atoms with Crippen LogP contribution in [0.3, 0.4) is 0 Å². The first-order valence-corrected chi connectivity index (χ1v) is 5.26. The maximum absolute atomic E-state index is 11.2. The van der Waals surface area contributed by atoms with Crippen molar-refractivity contribution >= 4 is 17.6 Å². The molecule has 1 aromatic rings. The molecule has 0 spiro atoms. The van der Waals surface area contributed by atoms with Gasteiger partial charge in [0.1, 0.15) is 0 Å². The van der Waals surface area contributed by atoms with Crippen LogP contribution in [-0.4, -0.2) is 30.6 Å². The zero-order chi connectivity index (χ0) is 13.0. The molecule has 1 amide bonds. The van der Waals surface area contributed by atoms with Gasteiger partial charge in [-0.2, -0.15) is 0 Å². The Balaban J connectivity index is 2.92. The molecule has 0 saturated heterocycles.